The molecule has 8 nitrogen and oxygen atoms in total. The number of amides is 2. The Morgan fingerprint density at radius 2 is 2.11 bits per heavy atom. The van der Waals surface area contributed by atoms with Crippen molar-refractivity contribution >= 4 is 11.8 Å². The molecule has 0 aromatic carbocycles. The van der Waals surface area contributed by atoms with Crippen molar-refractivity contribution < 1.29 is 14.0 Å². The van der Waals surface area contributed by atoms with Crippen LogP contribution in [0.15, 0.2) is 22.8 Å². The maximum atomic E-state index is 13.0. The summed E-state index contributed by atoms with van der Waals surface area (Å²) in [6.07, 6.45) is 5.78. The normalized spacial score (nSPS) is 15.1. The lowest BCUT2D eigenvalue weighted by Gasteiger charge is -2.26. The molecular formula is C19H27N5O3. The summed E-state index contributed by atoms with van der Waals surface area (Å²) in [4.78, 5) is 26.9. The van der Waals surface area contributed by atoms with Gasteiger partial charge in [-0.25, -0.2) is 0 Å². The molecule has 0 radical (unpaired) electrons. The van der Waals surface area contributed by atoms with Crippen LogP contribution in [-0.4, -0.2) is 44.6 Å². The van der Waals surface area contributed by atoms with E-state index in [1.54, 1.807) is 24.1 Å². The summed E-state index contributed by atoms with van der Waals surface area (Å²) in [5.74, 6) is 1.37. The molecule has 0 saturated heterocycles. The third-order valence-electron chi connectivity index (χ3n) is 4.91. The number of nitrogens with one attached hydrogen (secondary N) is 1. The van der Waals surface area contributed by atoms with Crippen LogP contribution in [0.5, 0.6) is 0 Å². The lowest BCUT2D eigenvalue weighted by atomic mass is 10.0. The van der Waals surface area contributed by atoms with Crippen molar-refractivity contribution in [2.45, 2.75) is 58.7 Å². The van der Waals surface area contributed by atoms with Crippen molar-refractivity contribution in [3.63, 3.8) is 0 Å². The van der Waals surface area contributed by atoms with Gasteiger partial charge in [0.2, 0.25) is 5.91 Å². The molecule has 1 atom stereocenters. The second-order valence-electron chi connectivity index (χ2n) is 7.36. The van der Waals surface area contributed by atoms with Crippen molar-refractivity contribution in [3.8, 4) is 0 Å². The summed E-state index contributed by atoms with van der Waals surface area (Å²) in [6, 6.07) is 2.58. The first-order chi connectivity index (χ1) is 13.0. The van der Waals surface area contributed by atoms with E-state index in [0.29, 0.717) is 6.54 Å². The van der Waals surface area contributed by atoms with Crippen molar-refractivity contribution in [3.05, 3.63) is 35.8 Å². The van der Waals surface area contributed by atoms with E-state index in [1.165, 1.54) is 12.7 Å². The predicted octanol–water partition coefficient (Wildman–Crippen LogP) is 2.01. The minimum absolute atomic E-state index is 0.0608. The summed E-state index contributed by atoms with van der Waals surface area (Å²) in [5.41, 5.74) is 0. The Bertz CT molecular complexity index is 781. The van der Waals surface area contributed by atoms with E-state index >= 15 is 0 Å². The van der Waals surface area contributed by atoms with Crippen LogP contribution >= 0.6 is 0 Å². The molecular weight excluding hydrogens is 346 g/mol. The lowest BCUT2D eigenvalue weighted by Crippen LogP contribution is -2.50. The lowest BCUT2D eigenvalue weighted by molar-refractivity contribution is -0.133. The molecule has 3 rings (SSSR count). The second-order valence-corrected chi connectivity index (χ2v) is 7.36. The van der Waals surface area contributed by atoms with Crippen molar-refractivity contribution in [2.24, 2.45) is 5.92 Å². The Kier molecular flexibility index (Phi) is 5.93. The highest BCUT2D eigenvalue weighted by atomic mass is 16.3. The number of hydrogen-bond donors (Lipinski definition) is 1. The number of fused-ring (bicyclic) bond motifs is 1. The molecule has 0 aliphatic carbocycles. The van der Waals surface area contributed by atoms with Gasteiger partial charge in [-0.15, -0.1) is 10.2 Å². The number of likely N-dealkylation sites (N-methyl/N-ethyl adjacent to an activating group) is 1. The Morgan fingerprint density at radius 1 is 1.30 bits per heavy atom. The van der Waals surface area contributed by atoms with Gasteiger partial charge in [0, 0.05) is 20.0 Å². The van der Waals surface area contributed by atoms with Gasteiger partial charge in [-0.05, 0) is 30.9 Å². The Morgan fingerprint density at radius 3 is 2.81 bits per heavy atom. The van der Waals surface area contributed by atoms with Crippen LogP contribution in [0.25, 0.3) is 0 Å². The zero-order valence-electron chi connectivity index (χ0n) is 16.1. The predicted molar refractivity (Wildman–Crippen MR) is 98.9 cm³/mol. The van der Waals surface area contributed by atoms with Crippen LogP contribution < -0.4 is 5.32 Å². The summed E-state index contributed by atoms with van der Waals surface area (Å²) in [7, 11) is 1.73. The zero-order valence-corrected chi connectivity index (χ0v) is 16.1. The fraction of sp³-hybridized carbons (Fsp3) is 0.579. The molecule has 1 aliphatic rings. The summed E-state index contributed by atoms with van der Waals surface area (Å²) in [5, 5.41) is 11.4. The summed E-state index contributed by atoms with van der Waals surface area (Å²) in [6.45, 7) is 5.07. The smallest absolute Gasteiger partial charge is 0.287 e. The van der Waals surface area contributed by atoms with Crippen LogP contribution in [-0.2, 0) is 24.3 Å². The Hall–Kier alpha value is -2.64. The van der Waals surface area contributed by atoms with E-state index < -0.39 is 11.9 Å². The molecule has 1 N–H and O–H groups in total. The van der Waals surface area contributed by atoms with Crippen LogP contribution in [0, 0.1) is 5.92 Å². The van der Waals surface area contributed by atoms with Gasteiger partial charge in [0.05, 0.1) is 12.8 Å². The number of rotatable bonds is 6. The van der Waals surface area contributed by atoms with E-state index in [4.69, 9.17) is 4.42 Å². The highest BCUT2D eigenvalue weighted by molar-refractivity contribution is 5.95. The first-order valence-corrected chi connectivity index (χ1v) is 9.47. The third kappa shape index (κ3) is 4.37. The van der Waals surface area contributed by atoms with Gasteiger partial charge in [0.15, 0.2) is 11.6 Å². The molecule has 3 heterocycles. The summed E-state index contributed by atoms with van der Waals surface area (Å²) >= 11 is 0. The van der Waals surface area contributed by atoms with E-state index in [0.717, 1.165) is 37.5 Å². The first kappa shape index (κ1) is 19.1. The number of aryl methyl sites for hydroxylation is 1. The van der Waals surface area contributed by atoms with E-state index in [2.05, 4.69) is 20.1 Å². The van der Waals surface area contributed by atoms with Crippen LogP contribution in [0.1, 0.15) is 55.3 Å². The molecule has 0 saturated carbocycles. The van der Waals surface area contributed by atoms with E-state index in [-0.39, 0.29) is 17.6 Å². The zero-order chi connectivity index (χ0) is 19.4. The van der Waals surface area contributed by atoms with Gasteiger partial charge in [0.25, 0.3) is 5.91 Å². The Balaban J connectivity index is 1.69. The number of aromatic nitrogens is 3. The van der Waals surface area contributed by atoms with Gasteiger partial charge in [-0.3, -0.25) is 9.59 Å². The largest absolute Gasteiger partial charge is 0.459 e. The van der Waals surface area contributed by atoms with Gasteiger partial charge in [-0.2, -0.15) is 0 Å². The van der Waals surface area contributed by atoms with Gasteiger partial charge < -0.3 is 19.2 Å². The maximum absolute atomic E-state index is 13.0. The first-order valence-electron chi connectivity index (χ1n) is 9.47. The molecule has 0 spiro atoms. The third-order valence-corrected chi connectivity index (χ3v) is 4.91. The van der Waals surface area contributed by atoms with Crippen LogP contribution in [0.3, 0.4) is 0 Å². The van der Waals surface area contributed by atoms with Crippen molar-refractivity contribution in [1.82, 2.24) is 25.0 Å². The van der Waals surface area contributed by atoms with E-state index in [9.17, 15) is 9.59 Å². The average molecular weight is 373 g/mol. The van der Waals surface area contributed by atoms with Crippen molar-refractivity contribution in [1.29, 1.82) is 0 Å². The fourth-order valence-corrected chi connectivity index (χ4v) is 3.32. The fourth-order valence-electron chi connectivity index (χ4n) is 3.32. The molecule has 2 aromatic rings. The topological polar surface area (TPSA) is 93.3 Å². The minimum Gasteiger partial charge on any atom is -0.459 e. The van der Waals surface area contributed by atoms with Crippen LogP contribution in [0.2, 0.25) is 0 Å². The summed E-state index contributed by atoms with van der Waals surface area (Å²) < 4.78 is 7.24. The van der Waals surface area contributed by atoms with Gasteiger partial charge in [0.1, 0.15) is 11.9 Å². The monoisotopic (exact) mass is 373 g/mol. The molecule has 0 bridgehead atoms. The minimum atomic E-state index is -0.640. The average Bonchev–Trinajstić information content (AvgIpc) is 3.24. The Labute approximate surface area is 158 Å². The molecule has 1 unspecified atom stereocenters. The maximum Gasteiger partial charge on any atom is 0.287 e. The highest BCUT2D eigenvalue weighted by Crippen LogP contribution is 2.16. The molecule has 8 heteroatoms. The number of carbonyl (C=O) groups excluding carboxylic acids is 2. The molecule has 27 heavy (non-hydrogen) atoms. The molecule has 2 aromatic heterocycles. The molecule has 1 aliphatic heterocycles. The quantitative estimate of drug-likeness (QED) is 0.836. The SMILES string of the molecule is CC(C)C(NC(=O)c1ccco1)C(=O)N(C)Cc1nnc2n1CCCCC2. The van der Waals surface area contributed by atoms with Crippen LogP contribution in [0.4, 0.5) is 0 Å². The molecule has 0 fully saturated rings. The molecule has 2 amide bonds. The number of carbonyl (C=O) groups is 2. The van der Waals surface area contributed by atoms with Gasteiger partial charge >= 0.3 is 0 Å². The number of furan rings is 1. The number of nitrogens with zero attached hydrogens (tertiary/aromatic N) is 4. The van der Waals surface area contributed by atoms with Gasteiger partial charge in [-0.1, -0.05) is 20.3 Å². The number of hydrogen-bond acceptors (Lipinski definition) is 5. The van der Waals surface area contributed by atoms with Crippen molar-refractivity contribution in [2.75, 3.05) is 7.05 Å². The molecule has 146 valence electrons. The standard InChI is InChI=1S/C19H27N5O3/c1-13(2)17(20-18(25)14-8-7-11-27-14)19(26)23(3)12-16-22-21-15-9-5-4-6-10-24(15)16/h7-8,11,13,17H,4-6,9-10,12H2,1-3H3,(H,20,25). The highest BCUT2D eigenvalue weighted by Gasteiger charge is 2.29. The van der Waals surface area contributed by atoms with E-state index in [1.807, 2.05) is 13.8 Å². The second kappa shape index (κ2) is 8.37.